The fraction of sp³-hybridized carbons (Fsp3) is 0.679. The first-order chi connectivity index (χ1) is 17.1. The molecule has 0 saturated carbocycles. The summed E-state index contributed by atoms with van der Waals surface area (Å²) in [6, 6.07) is 6.62. The molecule has 1 aromatic carbocycles. The first-order valence-electron chi connectivity index (χ1n) is 13.2. The van der Waals surface area contributed by atoms with Gasteiger partial charge in [0.2, 0.25) is 5.91 Å². The third-order valence-corrected chi connectivity index (χ3v) is 8.85. The quantitative estimate of drug-likeness (QED) is 0.600. The van der Waals surface area contributed by atoms with Gasteiger partial charge in [-0.05, 0) is 74.2 Å². The van der Waals surface area contributed by atoms with Gasteiger partial charge in [0, 0.05) is 12.1 Å². The number of rotatable bonds is 7. The smallest absolute Gasteiger partial charge is 0.251 e. The molecule has 3 saturated heterocycles. The molecule has 3 aliphatic rings. The molecule has 0 spiro atoms. The molecular formula is C28H41N3O4S. The zero-order chi connectivity index (χ0) is 26.0. The molecule has 4 rings (SSSR count). The van der Waals surface area contributed by atoms with E-state index in [9.17, 15) is 14.4 Å². The van der Waals surface area contributed by atoms with Crippen molar-refractivity contribution < 1.29 is 19.1 Å². The lowest BCUT2D eigenvalue weighted by molar-refractivity contribution is -0.138. The molecule has 7 nitrogen and oxygen atoms in total. The molecule has 3 fully saturated rings. The van der Waals surface area contributed by atoms with Crippen LogP contribution in [0.2, 0.25) is 0 Å². The number of Topliss-reactive ketones (excluding diaryl/α,β-unsaturated/α-hetero) is 1. The van der Waals surface area contributed by atoms with E-state index in [1.54, 1.807) is 16.7 Å². The van der Waals surface area contributed by atoms with E-state index in [1.807, 2.05) is 18.4 Å². The highest BCUT2D eigenvalue weighted by atomic mass is 32.2. The zero-order valence-corrected chi connectivity index (χ0v) is 23.1. The number of carbonyl (C=O) groups excluding carboxylic acids is 3. The van der Waals surface area contributed by atoms with Crippen molar-refractivity contribution >= 4 is 29.4 Å². The Morgan fingerprint density at radius 1 is 1.17 bits per heavy atom. The molecule has 8 heteroatoms. The summed E-state index contributed by atoms with van der Waals surface area (Å²) in [5.41, 5.74) is 1.65. The van der Waals surface area contributed by atoms with Crippen molar-refractivity contribution in [2.45, 2.75) is 76.3 Å². The second-order valence-corrected chi connectivity index (χ2v) is 12.6. The van der Waals surface area contributed by atoms with Crippen LogP contribution in [0.25, 0.3) is 0 Å². The number of thioether (sulfide) groups is 1. The van der Waals surface area contributed by atoms with Crippen molar-refractivity contribution in [3.63, 3.8) is 0 Å². The monoisotopic (exact) mass is 515 g/mol. The molecule has 1 N–H and O–H groups in total. The van der Waals surface area contributed by atoms with Crippen molar-refractivity contribution in [1.82, 2.24) is 15.1 Å². The van der Waals surface area contributed by atoms with E-state index in [-0.39, 0.29) is 41.0 Å². The molecule has 36 heavy (non-hydrogen) atoms. The van der Waals surface area contributed by atoms with Crippen LogP contribution in [0.1, 0.15) is 68.8 Å². The summed E-state index contributed by atoms with van der Waals surface area (Å²) in [4.78, 5) is 43.7. The Morgan fingerprint density at radius 2 is 1.83 bits per heavy atom. The number of amides is 2. The Bertz CT molecular complexity index is 953. The molecule has 1 aromatic rings. The highest BCUT2D eigenvalue weighted by Gasteiger charge is 2.53. The normalized spacial score (nSPS) is 26.2. The molecule has 3 aliphatic heterocycles. The van der Waals surface area contributed by atoms with Crippen LogP contribution in [0.3, 0.4) is 0 Å². The largest absolute Gasteiger partial charge is 0.367 e. The van der Waals surface area contributed by atoms with E-state index in [4.69, 9.17) is 4.74 Å². The van der Waals surface area contributed by atoms with E-state index in [0.717, 1.165) is 32.5 Å². The molecule has 4 atom stereocenters. The minimum atomic E-state index is -0.704. The minimum Gasteiger partial charge on any atom is -0.367 e. The van der Waals surface area contributed by atoms with Gasteiger partial charge in [-0.1, -0.05) is 39.8 Å². The molecular weight excluding hydrogens is 474 g/mol. The Hall–Kier alpha value is -1.90. The van der Waals surface area contributed by atoms with Crippen molar-refractivity contribution in [2.75, 3.05) is 39.0 Å². The van der Waals surface area contributed by atoms with Crippen LogP contribution in [0.4, 0.5) is 0 Å². The zero-order valence-electron chi connectivity index (χ0n) is 22.3. The highest BCUT2D eigenvalue weighted by molar-refractivity contribution is 7.99. The number of likely N-dealkylation sites (tertiary alicyclic amines) is 2. The number of hydrogen-bond donors (Lipinski definition) is 1. The van der Waals surface area contributed by atoms with Crippen molar-refractivity contribution in [3.05, 3.63) is 35.4 Å². The average Bonchev–Trinajstić information content (AvgIpc) is 3.43. The van der Waals surface area contributed by atoms with Gasteiger partial charge in [-0.3, -0.25) is 14.4 Å². The van der Waals surface area contributed by atoms with Crippen LogP contribution in [0.15, 0.2) is 24.3 Å². The van der Waals surface area contributed by atoms with Crippen LogP contribution in [-0.2, 0) is 14.3 Å². The van der Waals surface area contributed by atoms with E-state index < -0.39 is 12.1 Å². The van der Waals surface area contributed by atoms with E-state index >= 15 is 0 Å². The molecule has 0 unspecified atom stereocenters. The molecule has 0 aliphatic carbocycles. The van der Waals surface area contributed by atoms with E-state index in [0.29, 0.717) is 24.4 Å². The molecule has 198 valence electrons. The van der Waals surface area contributed by atoms with Crippen LogP contribution in [-0.4, -0.2) is 89.9 Å². The maximum absolute atomic E-state index is 13.7. The van der Waals surface area contributed by atoms with Gasteiger partial charge in [-0.2, -0.15) is 11.8 Å². The van der Waals surface area contributed by atoms with Crippen molar-refractivity contribution in [3.8, 4) is 0 Å². The molecule has 0 aromatic heterocycles. The summed E-state index contributed by atoms with van der Waals surface area (Å²) in [5, 5.41) is 3.07. The Kier molecular flexibility index (Phi) is 8.47. The van der Waals surface area contributed by atoms with Crippen molar-refractivity contribution in [2.24, 2.45) is 5.41 Å². The molecule has 0 bridgehead atoms. The summed E-state index contributed by atoms with van der Waals surface area (Å²) in [6.45, 7) is 12.2. The fourth-order valence-corrected chi connectivity index (χ4v) is 6.60. The Labute approximate surface area is 219 Å². The topological polar surface area (TPSA) is 79.0 Å². The number of benzene rings is 1. The molecule has 3 heterocycles. The van der Waals surface area contributed by atoms with E-state index in [1.165, 1.54) is 5.56 Å². The fourth-order valence-electron chi connectivity index (χ4n) is 5.79. The highest BCUT2D eigenvalue weighted by Crippen LogP contribution is 2.35. The standard InChI is InChI=1S/C28H41N3O4S/c1-6-30-13-11-19(12-14-30)18-7-9-20(10-8-18)26(33)29-21(15-28(2,3)4)27(34)31-16-23(36-5)25-24(31)22(32)17-35-25/h7-10,19,21,23-25H,6,11-17H2,1-5H3,(H,29,33)/t21-,23-,24+,25+/m0/s1. The number of fused-ring (bicyclic) bond motifs is 1. The first kappa shape index (κ1) is 27.1. The number of ketones is 1. The van der Waals surface area contributed by atoms with Crippen LogP contribution >= 0.6 is 11.8 Å². The van der Waals surface area contributed by atoms with Gasteiger partial charge in [0.15, 0.2) is 5.78 Å². The van der Waals surface area contributed by atoms with Gasteiger partial charge in [0.1, 0.15) is 18.7 Å². The second-order valence-electron chi connectivity index (χ2n) is 11.6. The number of carbonyl (C=O) groups is 3. The Morgan fingerprint density at radius 3 is 2.42 bits per heavy atom. The number of piperidine rings is 1. The Balaban J connectivity index is 1.46. The van der Waals surface area contributed by atoms with Gasteiger partial charge >= 0.3 is 0 Å². The summed E-state index contributed by atoms with van der Waals surface area (Å²) in [5.74, 6) is 0.0315. The predicted molar refractivity (Wildman–Crippen MR) is 143 cm³/mol. The lowest BCUT2D eigenvalue weighted by atomic mass is 9.87. The molecule has 2 amide bonds. The second kappa shape index (κ2) is 11.2. The number of nitrogens with zero attached hydrogens (tertiary/aromatic N) is 2. The first-order valence-corrected chi connectivity index (χ1v) is 14.5. The maximum Gasteiger partial charge on any atom is 0.251 e. The average molecular weight is 516 g/mol. The number of hydrogen-bond acceptors (Lipinski definition) is 6. The lowest BCUT2D eigenvalue weighted by Crippen LogP contribution is -2.53. The third kappa shape index (κ3) is 5.97. The summed E-state index contributed by atoms with van der Waals surface area (Å²) in [6.07, 6.45) is 4.48. The van der Waals surface area contributed by atoms with Crippen LogP contribution in [0, 0.1) is 5.41 Å². The molecule has 0 radical (unpaired) electrons. The predicted octanol–water partition coefficient (Wildman–Crippen LogP) is 3.33. The van der Waals surface area contributed by atoms with Gasteiger partial charge in [0.25, 0.3) is 5.91 Å². The van der Waals surface area contributed by atoms with Gasteiger partial charge in [-0.25, -0.2) is 0 Å². The summed E-state index contributed by atoms with van der Waals surface area (Å²) < 4.78 is 5.72. The van der Waals surface area contributed by atoms with Gasteiger partial charge in [-0.15, -0.1) is 0 Å². The van der Waals surface area contributed by atoms with Gasteiger partial charge < -0.3 is 19.9 Å². The lowest BCUT2D eigenvalue weighted by Gasteiger charge is -2.31. The van der Waals surface area contributed by atoms with Gasteiger partial charge in [0.05, 0.1) is 11.4 Å². The van der Waals surface area contributed by atoms with Crippen LogP contribution < -0.4 is 5.32 Å². The van der Waals surface area contributed by atoms with Crippen molar-refractivity contribution in [1.29, 1.82) is 0 Å². The third-order valence-electron chi connectivity index (χ3n) is 7.82. The van der Waals surface area contributed by atoms with Crippen LogP contribution in [0.5, 0.6) is 0 Å². The van der Waals surface area contributed by atoms with E-state index in [2.05, 4.69) is 50.0 Å². The minimum absolute atomic E-state index is 0.0499. The summed E-state index contributed by atoms with van der Waals surface area (Å²) in [7, 11) is 0. The SMILES string of the molecule is CCN1CCC(c2ccc(C(=O)N[C@@H](CC(C)(C)C)C(=O)N3C[C@H](SC)[C@H]4OCC(=O)[C@H]43)cc2)CC1. The number of nitrogens with one attached hydrogen (secondary N) is 1. The number of ether oxygens (including phenoxy) is 1. The maximum atomic E-state index is 13.7. The summed E-state index contributed by atoms with van der Waals surface area (Å²) >= 11 is 1.62.